The Labute approximate surface area is 108 Å². The number of aryl methyl sites for hydroxylation is 2. The molecule has 2 rings (SSSR count). The summed E-state index contributed by atoms with van der Waals surface area (Å²) in [6, 6.07) is 8.19. The summed E-state index contributed by atoms with van der Waals surface area (Å²) in [5.74, 6) is 7.33. The van der Waals surface area contributed by atoms with E-state index in [-0.39, 0.29) is 0 Å². The Morgan fingerprint density at radius 3 is 2.61 bits per heavy atom. The third kappa shape index (κ3) is 2.06. The molecule has 0 fully saturated rings. The lowest BCUT2D eigenvalue weighted by Gasteiger charge is -2.05. The largest absolute Gasteiger partial charge is 0.382 e. The summed E-state index contributed by atoms with van der Waals surface area (Å²) in [7, 11) is 0. The van der Waals surface area contributed by atoms with Crippen LogP contribution in [0.15, 0.2) is 24.3 Å². The summed E-state index contributed by atoms with van der Waals surface area (Å²) in [5, 5.41) is 0. The quantitative estimate of drug-likeness (QED) is 0.811. The number of nitrogens with two attached hydrogens (primary N) is 2. The molecule has 0 spiro atoms. The molecule has 1 heterocycles. The van der Waals surface area contributed by atoms with Gasteiger partial charge >= 0.3 is 0 Å². The number of anilines is 1. The van der Waals surface area contributed by atoms with Crippen LogP contribution >= 0.6 is 0 Å². The van der Waals surface area contributed by atoms with Gasteiger partial charge in [0.15, 0.2) is 5.82 Å². The topological polar surface area (TPSA) is 69.9 Å². The molecule has 0 unspecified atom stereocenters. The van der Waals surface area contributed by atoms with E-state index in [1.165, 1.54) is 10.2 Å². The van der Waals surface area contributed by atoms with Gasteiger partial charge < -0.3 is 11.6 Å². The van der Waals surface area contributed by atoms with E-state index in [1.54, 1.807) is 0 Å². The van der Waals surface area contributed by atoms with Crippen molar-refractivity contribution in [3.8, 4) is 11.3 Å². The minimum Gasteiger partial charge on any atom is -0.382 e. The summed E-state index contributed by atoms with van der Waals surface area (Å²) < 4.78 is 1.51. The second-order valence-corrected chi connectivity index (χ2v) is 4.39. The number of aromatic nitrogens is 2. The van der Waals surface area contributed by atoms with Crippen LogP contribution in [-0.2, 0) is 12.8 Å². The number of nitrogen functional groups attached to an aromatic ring is 2. The molecule has 0 aliphatic rings. The molecule has 0 saturated carbocycles. The number of rotatable bonds is 4. The van der Waals surface area contributed by atoms with Crippen molar-refractivity contribution in [1.82, 2.24) is 9.66 Å². The third-order valence-electron chi connectivity index (χ3n) is 3.15. The van der Waals surface area contributed by atoms with Gasteiger partial charge in [0.25, 0.3) is 0 Å². The van der Waals surface area contributed by atoms with Crippen molar-refractivity contribution in [1.29, 1.82) is 0 Å². The zero-order chi connectivity index (χ0) is 13.1. The molecule has 18 heavy (non-hydrogen) atoms. The van der Waals surface area contributed by atoms with E-state index in [1.807, 2.05) is 18.2 Å². The van der Waals surface area contributed by atoms with Crippen molar-refractivity contribution in [2.45, 2.75) is 33.1 Å². The van der Waals surface area contributed by atoms with Gasteiger partial charge in [-0.15, -0.1) is 0 Å². The van der Waals surface area contributed by atoms with Crippen LogP contribution in [0.2, 0.25) is 0 Å². The van der Waals surface area contributed by atoms with Gasteiger partial charge in [-0.2, -0.15) is 0 Å². The van der Waals surface area contributed by atoms with E-state index in [2.05, 4.69) is 24.9 Å². The number of hydrogen-bond donors (Lipinski definition) is 2. The molecule has 1 aromatic heterocycles. The average molecular weight is 244 g/mol. The van der Waals surface area contributed by atoms with Gasteiger partial charge in [0.05, 0.1) is 0 Å². The predicted octanol–water partition coefficient (Wildman–Crippen LogP) is 2.36. The van der Waals surface area contributed by atoms with E-state index in [0.29, 0.717) is 5.82 Å². The first-order valence-corrected chi connectivity index (χ1v) is 6.39. The molecular weight excluding hydrogens is 224 g/mol. The van der Waals surface area contributed by atoms with Crippen molar-refractivity contribution >= 4 is 5.82 Å². The van der Waals surface area contributed by atoms with Crippen LogP contribution in [0.3, 0.4) is 0 Å². The molecule has 2 aromatic rings. The summed E-state index contributed by atoms with van der Waals surface area (Å²) in [5.41, 5.74) is 9.19. The fraction of sp³-hybridized carbons (Fsp3) is 0.357. The summed E-state index contributed by atoms with van der Waals surface area (Å²) in [6.07, 6.45) is 2.80. The van der Waals surface area contributed by atoms with Crippen LogP contribution in [0.1, 0.15) is 31.7 Å². The summed E-state index contributed by atoms with van der Waals surface area (Å²) >= 11 is 0. The molecule has 0 bridgehead atoms. The van der Waals surface area contributed by atoms with Crippen LogP contribution in [0.4, 0.5) is 5.82 Å². The third-order valence-corrected chi connectivity index (χ3v) is 3.15. The second kappa shape index (κ2) is 5.12. The first-order valence-electron chi connectivity index (χ1n) is 6.39. The number of benzene rings is 1. The smallest absolute Gasteiger partial charge is 0.150 e. The molecule has 0 atom stereocenters. The van der Waals surface area contributed by atoms with E-state index >= 15 is 0 Å². The molecule has 4 N–H and O–H groups in total. The lowest BCUT2D eigenvalue weighted by Crippen LogP contribution is -2.15. The van der Waals surface area contributed by atoms with Gasteiger partial charge in [-0.1, -0.05) is 38.1 Å². The molecule has 0 amide bonds. The standard InChI is InChI=1S/C14H20N4/c1-3-7-12-17-13(14(15)18(12)16)11-9-6-5-8-10(11)4-2/h5-6,8-9H,3-4,7,15-16H2,1-2H3. The normalized spacial score (nSPS) is 10.8. The van der Waals surface area contributed by atoms with Crippen molar-refractivity contribution in [3.63, 3.8) is 0 Å². The van der Waals surface area contributed by atoms with E-state index < -0.39 is 0 Å². The minimum absolute atomic E-state index is 0.541. The van der Waals surface area contributed by atoms with Crippen molar-refractivity contribution in [3.05, 3.63) is 35.7 Å². The van der Waals surface area contributed by atoms with Crippen molar-refractivity contribution in [2.24, 2.45) is 0 Å². The molecule has 0 radical (unpaired) electrons. The molecular formula is C14H20N4. The van der Waals surface area contributed by atoms with Gasteiger partial charge in [0.2, 0.25) is 0 Å². The molecule has 0 saturated heterocycles. The Morgan fingerprint density at radius 2 is 1.94 bits per heavy atom. The van der Waals surface area contributed by atoms with Gasteiger partial charge in [-0.05, 0) is 18.4 Å². The predicted molar refractivity (Wildman–Crippen MR) is 75.6 cm³/mol. The van der Waals surface area contributed by atoms with Gasteiger partial charge in [-0.3, -0.25) is 0 Å². The first-order chi connectivity index (χ1) is 8.69. The zero-order valence-electron chi connectivity index (χ0n) is 11.0. The minimum atomic E-state index is 0.541. The molecule has 1 aromatic carbocycles. The van der Waals surface area contributed by atoms with E-state index in [0.717, 1.165) is 36.3 Å². The lowest BCUT2D eigenvalue weighted by molar-refractivity contribution is 0.794. The average Bonchev–Trinajstić information content (AvgIpc) is 2.67. The lowest BCUT2D eigenvalue weighted by atomic mass is 10.0. The fourth-order valence-corrected chi connectivity index (χ4v) is 2.15. The maximum atomic E-state index is 6.06. The maximum Gasteiger partial charge on any atom is 0.150 e. The highest BCUT2D eigenvalue weighted by Gasteiger charge is 2.15. The van der Waals surface area contributed by atoms with Gasteiger partial charge in [0.1, 0.15) is 11.5 Å². The number of nitrogens with zero attached hydrogens (tertiary/aromatic N) is 2. The summed E-state index contributed by atoms with van der Waals surface area (Å²) in [6.45, 7) is 4.23. The highest BCUT2D eigenvalue weighted by molar-refractivity contribution is 5.73. The van der Waals surface area contributed by atoms with Crippen molar-refractivity contribution < 1.29 is 0 Å². The Balaban J connectivity index is 2.54. The summed E-state index contributed by atoms with van der Waals surface area (Å²) in [4.78, 5) is 4.59. The highest BCUT2D eigenvalue weighted by Crippen LogP contribution is 2.28. The Kier molecular flexibility index (Phi) is 3.55. The van der Waals surface area contributed by atoms with Crippen LogP contribution in [0.5, 0.6) is 0 Å². The molecule has 4 nitrogen and oxygen atoms in total. The van der Waals surface area contributed by atoms with E-state index in [9.17, 15) is 0 Å². The van der Waals surface area contributed by atoms with Gasteiger partial charge in [0, 0.05) is 12.0 Å². The number of hydrogen-bond acceptors (Lipinski definition) is 3. The van der Waals surface area contributed by atoms with Crippen LogP contribution in [0, 0.1) is 0 Å². The van der Waals surface area contributed by atoms with Crippen LogP contribution in [0.25, 0.3) is 11.3 Å². The zero-order valence-corrected chi connectivity index (χ0v) is 11.0. The molecule has 96 valence electrons. The second-order valence-electron chi connectivity index (χ2n) is 4.39. The fourth-order valence-electron chi connectivity index (χ4n) is 2.15. The van der Waals surface area contributed by atoms with E-state index in [4.69, 9.17) is 11.6 Å². The monoisotopic (exact) mass is 244 g/mol. The van der Waals surface area contributed by atoms with Crippen molar-refractivity contribution in [2.75, 3.05) is 11.6 Å². The molecule has 4 heteroatoms. The van der Waals surface area contributed by atoms with Gasteiger partial charge in [-0.25, -0.2) is 9.66 Å². The first kappa shape index (κ1) is 12.5. The Hall–Kier alpha value is -1.97. The molecule has 0 aliphatic carbocycles. The van der Waals surface area contributed by atoms with Crippen LogP contribution in [-0.4, -0.2) is 9.66 Å². The highest BCUT2D eigenvalue weighted by atomic mass is 15.4. The SMILES string of the molecule is CCCc1nc(-c2ccccc2CC)c(N)n1N. The maximum absolute atomic E-state index is 6.06. The van der Waals surface area contributed by atoms with Crippen LogP contribution < -0.4 is 11.6 Å². The Morgan fingerprint density at radius 1 is 1.22 bits per heavy atom. The Bertz CT molecular complexity index is 543. The number of imidazole rings is 1. The molecule has 0 aliphatic heterocycles.